The molecule has 0 aromatic heterocycles. The van der Waals surface area contributed by atoms with Crippen LogP contribution in [0.25, 0.3) is 0 Å². The highest BCUT2D eigenvalue weighted by molar-refractivity contribution is 5.28. The van der Waals surface area contributed by atoms with Gasteiger partial charge in [0.15, 0.2) is 0 Å². The van der Waals surface area contributed by atoms with Crippen LogP contribution in [0.1, 0.15) is 26.7 Å². The van der Waals surface area contributed by atoms with Crippen LogP contribution in [0.15, 0.2) is 23.8 Å². The standard InChI is InChI=1S/C10H17N/c1-10(2,8-11)9-6-4-3-5-7-9/h4,6-7H,3,5,8,11H2,1-2H3. The van der Waals surface area contributed by atoms with Crippen molar-refractivity contribution in [1.29, 1.82) is 0 Å². The van der Waals surface area contributed by atoms with Gasteiger partial charge in [-0.2, -0.15) is 0 Å². The first-order valence-corrected chi connectivity index (χ1v) is 4.24. The summed E-state index contributed by atoms with van der Waals surface area (Å²) >= 11 is 0. The van der Waals surface area contributed by atoms with E-state index in [2.05, 4.69) is 32.1 Å². The van der Waals surface area contributed by atoms with Gasteiger partial charge >= 0.3 is 0 Å². The quantitative estimate of drug-likeness (QED) is 0.643. The number of hydrogen-bond acceptors (Lipinski definition) is 1. The van der Waals surface area contributed by atoms with Gasteiger partial charge in [-0.05, 0) is 18.4 Å². The van der Waals surface area contributed by atoms with Crippen LogP contribution in [-0.2, 0) is 0 Å². The van der Waals surface area contributed by atoms with E-state index in [0.717, 1.165) is 6.54 Å². The number of hydrogen-bond donors (Lipinski definition) is 1. The summed E-state index contributed by atoms with van der Waals surface area (Å²) in [5.74, 6) is 0. The molecule has 0 aromatic carbocycles. The minimum Gasteiger partial charge on any atom is -0.330 e. The van der Waals surface area contributed by atoms with Gasteiger partial charge in [0.1, 0.15) is 0 Å². The van der Waals surface area contributed by atoms with Crippen LogP contribution in [0.3, 0.4) is 0 Å². The van der Waals surface area contributed by atoms with Crippen molar-refractivity contribution < 1.29 is 0 Å². The van der Waals surface area contributed by atoms with Crippen molar-refractivity contribution in [1.82, 2.24) is 0 Å². The maximum atomic E-state index is 5.66. The molecule has 0 aromatic rings. The van der Waals surface area contributed by atoms with Crippen LogP contribution < -0.4 is 5.73 Å². The van der Waals surface area contributed by atoms with Gasteiger partial charge in [0.2, 0.25) is 0 Å². The van der Waals surface area contributed by atoms with Gasteiger partial charge in [0.25, 0.3) is 0 Å². The average Bonchev–Trinajstić information content (AvgIpc) is 2.06. The first-order valence-electron chi connectivity index (χ1n) is 4.24. The topological polar surface area (TPSA) is 26.0 Å². The molecule has 0 saturated carbocycles. The number of nitrogens with two attached hydrogens (primary N) is 1. The summed E-state index contributed by atoms with van der Waals surface area (Å²) in [6, 6.07) is 0. The Kier molecular flexibility index (Phi) is 2.50. The highest BCUT2D eigenvalue weighted by Crippen LogP contribution is 2.28. The van der Waals surface area contributed by atoms with E-state index < -0.39 is 0 Å². The van der Waals surface area contributed by atoms with Crippen molar-refractivity contribution >= 4 is 0 Å². The van der Waals surface area contributed by atoms with E-state index in [-0.39, 0.29) is 5.41 Å². The molecule has 2 N–H and O–H groups in total. The lowest BCUT2D eigenvalue weighted by molar-refractivity contribution is 0.468. The van der Waals surface area contributed by atoms with Gasteiger partial charge in [-0.25, -0.2) is 0 Å². The zero-order valence-electron chi connectivity index (χ0n) is 7.43. The fourth-order valence-electron chi connectivity index (χ4n) is 1.23. The Hall–Kier alpha value is -0.560. The van der Waals surface area contributed by atoms with Crippen molar-refractivity contribution in [2.24, 2.45) is 11.1 Å². The molecule has 0 amide bonds. The highest BCUT2D eigenvalue weighted by atomic mass is 14.6. The van der Waals surface area contributed by atoms with Crippen molar-refractivity contribution in [2.45, 2.75) is 26.7 Å². The Labute approximate surface area is 69.0 Å². The van der Waals surface area contributed by atoms with Gasteiger partial charge in [-0.3, -0.25) is 0 Å². The molecular weight excluding hydrogens is 134 g/mol. The Morgan fingerprint density at radius 1 is 1.45 bits per heavy atom. The molecule has 0 fully saturated rings. The second kappa shape index (κ2) is 3.22. The lowest BCUT2D eigenvalue weighted by atomic mass is 9.82. The fraction of sp³-hybridized carbons (Fsp3) is 0.600. The summed E-state index contributed by atoms with van der Waals surface area (Å²) in [6.07, 6.45) is 9.09. The van der Waals surface area contributed by atoms with Crippen LogP contribution in [0.5, 0.6) is 0 Å². The molecule has 1 nitrogen and oxygen atoms in total. The summed E-state index contributed by atoms with van der Waals surface area (Å²) in [5.41, 5.74) is 7.22. The Bertz CT molecular complexity index is 187. The smallest absolute Gasteiger partial charge is 0.00158 e. The van der Waals surface area contributed by atoms with E-state index in [4.69, 9.17) is 5.73 Å². The molecule has 62 valence electrons. The minimum atomic E-state index is 0.164. The molecule has 0 bridgehead atoms. The molecule has 0 saturated heterocycles. The van der Waals surface area contributed by atoms with Crippen LogP contribution in [-0.4, -0.2) is 6.54 Å². The summed E-state index contributed by atoms with van der Waals surface area (Å²) in [7, 11) is 0. The van der Waals surface area contributed by atoms with Crippen LogP contribution in [0.2, 0.25) is 0 Å². The van der Waals surface area contributed by atoms with Crippen molar-refractivity contribution in [3.63, 3.8) is 0 Å². The maximum Gasteiger partial charge on any atom is 0.00158 e. The summed E-state index contributed by atoms with van der Waals surface area (Å²) in [4.78, 5) is 0. The van der Waals surface area contributed by atoms with Crippen LogP contribution >= 0.6 is 0 Å². The third-order valence-corrected chi connectivity index (χ3v) is 2.29. The second-order valence-electron chi connectivity index (χ2n) is 3.73. The zero-order chi connectivity index (χ0) is 8.32. The minimum absolute atomic E-state index is 0.164. The molecule has 0 spiro atoms. The molecular formula is C10H17N. The summed E-state index contributed by atoms with van der Waals surface area (Å²) in [6.45, 7) is 5.10. The van der Waals surface area contributed by atoms with Gasteiger partial charge in [0, 0.05) is 12.0 Å². The Morgan fingerprint density at radius 2 is 2.18 bits per heavy atom. The lowest BCUT2D eigenvalue weighted by Gasteiger charge is -2.25. The zero-order valence-corrected chi connectivity index (χ0v) is 7.43. The van der Waals surface area contributed by atoms with Gasteiger partial charge in [-0.1, -0.05) is 32.1 Å². The van der Waals surface area contributed by atoms with E-state index in [0.29, 0.717) is 0 Å². The molecule has 11 heavy (non-hydrogen) atoms. The largest absolute Gasteiger partial charge is 0.330 e. The van der Waals surface area contributed by atoms with E-state index in [1.165, 1.54) is 18.4 Å². The average molecular weight is 151 g/mol. The molecule has 1 aliphatic rings. The normalized spacial score (nSPS) is 18.3. The third-order valence-electron chi connectivity index (χ3n) is 2.29. The van der Waals surface area contributed by atoms with Crippen molar-refractivity contribution in [3.8, 4) is 0 Å². The molecule has 0 atom stereocenters. The Morgan fingerprint density at radius 3 is 2.64 bits per heavy atom. The summed E-state index contributed by atoms with van der Waals surface area (Å²) < 4.78 is 0. The van der Waals surface area contributed by atoms with Crippen LogP contribution in [0, 0.1) is 5.41 Å². The van der Waals surface area contributed by atoms with Crippen molar-refractivity contribution in [3.05, 3.63) is 23.8 Å². The maximum absolute atomic E-state index is 5.66. The molecule has 0 radical (unpaired) electrons. The molecule has 0 unspecified atom stereocenters. The predicted molar refractivity (Wildman–Crippen MR) is 49.3 cm³/mol. The lowest BCUT2D eigenvalue weighted by Crippen LogP contribution is -2.25. The first kappa shape index (κ1) is 8.54. The van der Waals surface area contributed by atoms with Gasteiger partial charge in [0.05, 0.1) is 0 Å². The van der Waals surface area contributed by atoms with E-state index in [1.807, 2.05) is 0 Å². The van der Waals surface area contributed by atoms with Gasteiger partial charge in [-0.15, -0.1) is 0 Å². The molecule has 1 aliphatic carbocycles. The highest BCUT2D eigenvalue weighted by Gasteiger charge is 2.19. The van der Waals surface area contributed by atoms with E-state index in [9.17, 15) is 0 Å². The Balaban J connectivity index is 2.73. The second-order valence-corrected chi connectivity index (χ2v) is 3.73. The van der Waals surface area contributed by atoms with Gasteiger partial charge < -0.3 is 5.73 Å². The molecule has 0 aliphatic heterocycles. The first-order chi connectivity index (χ1) is 5.17. The van der Waals surface area contributed by atoms with Crippen molar-refractivity contribution in [2.75, 3.05) is 6.54 Å². The molecule has 1 heteroatoms. The molecule has 1 rings (SSSR count). The van der Waals surface area contributed by atoms with E-state index >= 15 is 0 Å². The predicted octanol–water partition coefficient (Wildman–Crippen LogP) is 2.25. The SMILES string of the molecule is CC(C)(CN)C1=CCCC=C1. The third kappa shape index (κ3) is 1.93. The summed E-state index contributed by atoms with van der Waals surface area (Å²) in [5, 5.41) is 0. The van der Waals surface area contributed by atoms with E-state index in [1.54, 1.807) is 0 Å². The number of rotatable bonds is 2. The number of allylic oxidation sites excluding steroid dienone is 3. The monoisotopic (exact) mass is 151 g/mol. The fourth-order valence-corrected chi connectivity index (χ4v) is 1.23. The molecule has 0 heterocycles. The van der Waals surface area contributed by atoms with Crippen LogP contribution in [0.4, 0.5) is 0 Å².